The van der Waals surface area contributed by atoms with Crippen LogP contribution in [0.15, 0.2) is 29.6 Å². The predicted molar refractivity (Wildman–Crippen MR) is 217 cm³/mol. The van der Waals surface area contributed by atoms with Gasteiger partial charge >= 0.3 is 11.9 Å². The summed E-state index contributed by atoms with van der Waals surface area (Å²) < 4.78 is 5.83. The molecule has 56 heavy (non-hydrogen) atoms. The summed E-state index contributed by atoms with van der Waals surface area (Å²) in [5.41, 5.74) is 0.868. The molecule has 0 aliphatic carbocycles. The van der Waals surface area contributed by atoms with Gasteiger partial charge in [-0.3, -0.25) is 28.9 Å². The number of amides is 3. The average Bonchev–Trinajstić information content (AvgIpc) is 3.65. The Morgan fingerprint density at radius 3 is 2.36 bits per heavy atom. The van der Waals surface area contributed by atoms with Gasteiger partial charge in [0.2, 0.25) is 11.8 Å². The van der Waals surface area contributed by atoms with E-state index in [9.17, 15) is 39.3 Å². The second kappa shape index (κ2) is 22.9. The zero-order valence-electron chi connectivity index (χ0n) is 33.7. The number of carbonyl (C=O) groups excluding carboxylic acids is 4. The lowest BCUT2D eigenvalue weighted by atomic mass is 9.92. The number of hydrogen-bond donors (Lipinski definition) is 5. The number of phenols is 1. The van der Waals surface area contributed by atoms with Gasteiger partial charge in [-0.25, -0.2) is 4.98 Å². The first-order chi connectivity index (χ1) is 26.6. The average molecular weight is 820 g/mol. The second-order valence-electron chi connectivity index (χ2n) is 15.2. The molecule has 1 saturated heterocycles. The number of nitrogens with zero attached hydrogens (tertiary/aromatic N) is 3. The van der Waals surface area contributed by atoms with E-state index >= 15 is 0 Å². The van der Waals surface area contributed by atoms with Crippen molar-refractivity contribution in [2.24, 2.45) is 17.8 Å². The molecule has 16 heteroatoms. The molecule has 0 radical (unpaired) electrons. The SMILES string of the molecule is CCC(C)C(NC(=O)[C@H]1CCCCN1C)C(=O)N(CSCCO)[C@H](C[C@@H](OC(C)=O)c1nc(C(=O)N[C@@H](Cc2ccc(O)cc2)C[C@H](C)C(=O)O)cs1)C(C)C. The van der Waals surface area contributed by atoms with Gasteiger partial charge in [-0.05, 0) is 68.8 Å². The second-order valence-corrected chi connectivity index (χ2v) is 17.1. The minimum Gasteiger partial charge on any atom is -0.508 e. The van der Waals surface area contributed by atoms with Crippen LogP contribution in [0.3, 0.4) is 0 Å². The van der Waals surface area contributed by atoms with E-state index < -0.39 is 48.0 Å². The summed E-state index contributed by atoms with van der Waals surface area (Å²) in [5.74, 6) is -2.87. The highest BCUT2D eigenvalue weighted by Crippen LogP contribution is 2.32. The van der Waals surface area contributed by atoms with Crippen LogP contribution in [0.4, 0.5) is 0 Å². The number of hydrogen-bond acceptors (Lipinski definition) is 12. The lowest BCUT2D eigenvalue weighted by molar-refractivity contribution is -0.149. The maximum atomic E-state index is 14.7. The predicted octanol–water partition coefficient (Wildman–Crippen LogP) is 4.85. The van der Waals surface area contributed by atoms with E-state index in [1.54, 1.807) is 29.3 Å². The van der Waals surface area contributed by atoms with Gasteiger partial charge in [-0.1, -0.05) is 59.6 Å². The number of likely N-dealkylation sites (tertiary alicyclic amines) is 1. The molecule has 1 aliphatic rings. The fourth-order valence-electron chi connectivity index (χ4n) is 6.88. The van der Waals surface area contributed by atoms with Crippen LogP contribution in [-0.2, 0) is 30.3 Å². The molecule has 1 aromatic heterocycles. The summed E-state index contributed by atoms with van der Waals surface area (Å²) in [5, 5.41) is 36.8. The summed E-state index contributed by atoms with van der Waals surface area (Å²) in [7, 11) is 1.93. The molecule has 2 heterocycles. The van der Waals surface area contributed by atoms with Gasteiger partial charge in [0.1, 0.15) is 22.5 Å². The van der Waals surface area contributed by atoms with Crippen LogP contribution >= 0.6 is 23.1 Å². The number of esters is 1. The van der Waals surface area contributed by atoms with E-state index in [0.29, 0.717) is 30.0 Å². The third-order valence-corrected chi connectivity index (χ3v) is 12.2. The maximum Gasteiger partial charge on any atom is 0.306 e. The van der Waals surface area contributed by atoms with Crippen molar-refractivity contribution >= 4 is 52.8 Å². The zero-order valence-corrected chi connectivity index (χ0v) is 35.4. The minimum atomic E-state index is -0.994. The number of aliphatic hydroxyl groups is 1. The number of aliphatic hydroxyl groups excluding tert-OH is 1. The zero-order chi connectivity index (χ0) is 41.5. The van der Waals surface area contributed by atoms with Crippen molar-refractivity contribution in [2.75, 3.05) is 31.8 Å². The molecule has 0 saturated carbocycles. The molecular weight excluding hydrogens is 759 g/mol. The Balaban J connectivity index is 1.91. The largest absolute Gasteiger partial charge is 0.508 e. The van der Waals surface area contributed by atoms with Gasteiger partial charge in [0.15, 0.2) is 6.10 Å². The third-order valence-electron chi connectivity index (χ3n) is 10.4. The highest BCUT2D eigenvalue weighted by Gasteiger charge is 2.39. The molecule has 7 atom stereocenters. The smallest absolute Gasteiger partial charge is 0.306 e. The number of benzene rings is 1. The number of thioether (sulfide) groups is 1. The van der Waals surface area contributed by atoms with E-state index in [0.717, 1.165) is 36.3 Å². The van der Waals surface area contributed by atoms with E-state index in [2.05, 4.69) is 15.6 Å². The number of carboxylic acid groups (broad SMARTS) is 1. The molecule has 2 unspecified atom stereocenters. The first-order valence-corrected chi connectivity index (χ1v) is 21.5. The quantitative estimate of drug-likeness (QED) is 0.0616. The number of likely N-dealkylation sites (N-methyl/N-ethyl adjacent to an activating group) is 1. The third kappa shape index (κ3) is 14.0. The van der Waals surface area contributed by atoms with Gasteiger partial charge in [0.25, 0.3) is 5.91 Å². The highest BCUT2D eigenvalue weighted by molar-refractivity contribution is 7.99. The Bertz CT molecular complexity index is 1590. The molecule has 1 aliphatic heterocycles. The number of rotatable bonds is 22. The van der Waals surface area contributed by atoms with Crippen LogP contribution in [0.2, 0.25) is 0 Å². The Hall–Kier alpha value is -3.73. The molecule has 14 nitrogen and oxygen atoms in total. The minimum absolute atomic E-state index is 0.0700. The number of aromatic hydroxyl groups is 1. The molecule has 0 bridgehead atoms. The van der Waals surface area contributed by atoms with Gasteiger partial charge < -0.3 is 35.6 Å². The Labute approximate surface area is 339 Å². The summed E-state index contributed by atoms with van der Waals surface area (Å²) in [4.78, 5) is 74.5. The number of carboxylic acids is 1. The Kier molecular flexibility index (Phi) is 19.1. The van der Waals surface area contributed by atoms with Gasteiger partial charge in [0.05, 0.1) is 24.4 Å². The molecule has 2 aromatic rings. The van der Waals surface area contributed by atoms with E-state index in [1.807, 2.05) is 39.6 Å². The first kappa shape index (κ1) is 46.7. The summed E-state index contributed by atoms with van der Waals surface area (Å²) in [6.07, 6.45) is 3.02. The molecular formula is C40H61N5O9S2. The number of ether oxygens (including phenoxy) is 1. The summed E-state index contributed by atoms with van der Waals surface area (Å²) in [6, 6.07) is 4.28. The monoisotopic (exact) mass is 819 g/mol. The van der Waals surface area contributed by atoms with Crippen LogP contribution in [-0.4, -0.2) is 116 Å². The molecule has 1 fully saturated rings. The molecule has 1 aromatic carbocycles. The van der Waals surface area contributed by atoms with Crippen LogP contribution in [0.5, 0.6) is 5.75 Å². The standard InChI is InChI=1S/C40H61N5O9S2/c1-8-25(4)35(43-37(50)32-11-9-10-16-44(32)7)39(51)45(23-55-18-17-46)33(24(2)3)21-34(54-27(6)47)38-42-31(22-56-38)36(49)41-29(19-26(5)40(52)53)20-28-12-14-30(48)15-13-28/h12-15,22,24-26,29,32-35,46,48H,8-11,16-21,23H2,1-7H3,(H,41,49)(H,43,50)(H,52,53)/t25?,26-,29+,32+,33+,34+,35?/m0/s1. The van der Waals surface area contributed by atoms with Crippen LogP contribution in [0, 0.1) is 17.8 Å². The van der Waals surface area contributed by atoms with Crippen molar-refractivity contribution in [1.82, 2.24) is 25.4 Å². The highest BCUT2D eigenvalue weighted by atomic mass is 32.2. The van der Waals surface area contributed by atoms with Crippen molar-refractivity contribution in [1.29, 1.82) is 0 Å². The lowest BCUT2D eigenvalue weighted by Crippen LogP contribution is -2.58. The van der Waals surface area contributed by atoms with Crippen molar-refractivity contribution < 1.29 is 44.0 Å². The van der Waals surface area contributed by atoms with Gasteiger partial charge in [-0.15, -0.1) is 23.1 Å². The van der Waals surface area contributed by atoms with Gasteiger partial charge in [0, 0.05) is 36.6 Å². The fourth-order valence-corrected chi connectivity index (χ4v) is 8.50. The molecule has 3 amide bonds. The van der Waals surface area contributed by atoms with Crippen molar-refractivity contribution in [3.63, 3.8) is 0 Å². The van der Waals surface area contributed by atoms with Crippen molar-refractivity contribution in [3.8, 4) is 5.75 Å². The Morgan fingerprint density at radius 2 is 1.77 bits per heavy atom. The molecule has 0 spiro atoms. The van der Waals surface area contributed by atoms with Crippen LogP contribution < -0.4 is 10.6 Å². The molecule has 312 valence electrons. The number of aliphatic carboxylic acids is 1. The number of carbonyl (C=O) groups is 5. The fraction of sp³-hybridized carbons (Fsp3) is 0.650. The maximum absolute atomic E-state index is 14.7. The lowest BCUT2D eigenvalue weighted by Gasteiger charge is -2.40. The van der Waals surface area contributed by atoms with E-state index in [4.69, 9.17) is 4.74 Å². The van der Waals surface area contributed by atoms with Crippen molar-refractivity contribution in [3.05, 3.63) is 45.9 Å². The Morgan fingerprint density at radius 1 is 1.07 bits per heavy atom. The first-order valence-electron chi connectivity index (χ1n) is 19.5. The number of phenolic OH excluding ortho intramolecular Hbond substituents is 1. The van der Waals surface area contributed by atoms with E-state index in [1.165, 1.54) is 30.8 Å². The number of thiazole rings is 1. The van der Waals surface area contributed by atoms with Crippen molar-refractivity contribution in [2.45, 2.75) is 117 Å². The van der Waals surface area contributed by atoms with Crippen LogP contribution in [0.25, 0.3) is 0 Å². The van der Waals surface area contributed by atoms with Gasteiger partial charge in [-0.2, -0.15) is 0 Å². The number of piperidine rings is 1. The van der Waals surface area contributed by atoms with E-state index in [-0.39, 0.29) is 66.5 Å². The van der Waals surface area contributed by atoms with Crippen LogP contribution in [0.1, 0.15) is 107 Å². The summed E-state index contributed by atoms with van der Waals surface area (Å²) >= 11 is 2.53. The number of nitrogens with one attached hydrogen (secondary N) is 2. The topological polar surface area (TPSA) is 199 Å². The summed E-state index contributed by atoms with van der Waals surface area (Å²) in [6.45, 7) is 11.4. The normalized spacial score (nSPS) is 17.9. The number of aromatic nitrogens is 1. The molecule has 5 N–H and O–H groups in total. The molecule has 3 rings (SSSR count).